The van der Waals surface area contributed by atoms with Crippen molar-refractivity contribution in [2.75, 3.05) is 0 Å². The van der Waals surface area contributed by atoms with E-state index in [2.05, 4.69) is 5.10 Å². The molecule has 1 aromatic carbocycles. The molecule has 0 saturated heterocycles. The van der Waals surface area contributed by atoms with Gasteiger partial charge in [-0.1, -0.05) is 49.4 Å². The fourth-order valence-corrected chi connectivity index (χ4v) is 1.81. The van der Waals surface area contributed by atoms with E-state index < -0.39 is 5.97 Å². The third-order valence-electron chi connectivity index (χ3n) is 2.80. The molecule has 2 rings (SSSR count). The summed E-state index contributed by atoms with van der Waals surface area (Å²) in [5.74, 6) is -0.944. The van der Waals surface area contributed by atoms with Crippen LogP contribution >= 0.6 is 0 Å². The van der Waals surface area contributed by atoms with Crippen LogP contribution in [0.1, 0.15) is 28.7 Å². The highest BCUT2D eigenvalue weighted by molar-refractivity contribution is 5.85. The number of carboxylic acids is 1. The standard InChI is InChI=1S/C15H16N2O2/c1-2-13-11-14(15(18)19)17(16-13)10-6-9-12-7-4-3-5-8-12/h3-9,11H,2,10H2,1H3,(H,18,19)/b9-6+. The quantitative estimate of drug-likeness (QED) is 0.895. The van der Waals surface area contributed by atoms with Crippen molar-refractivity contribution in [3.05, 3.63) is 59.4 Å². The van der Waals surface area contributed by atoms with E-state index in [1.807, 2.05) is 49.4 Å². The first-order valence-electron chi connectivity index (χ1n) is 6.22. The molecule has 4 heteroatoms. The van der Waals surface area contributed by atoms with Gasteiger partial charge in [0.15, 0.2) is 0 Å². The Balaban J connectivity index is 2.13. The first-order chi connectivity index (χ1) is 9.20. The maximum absolute atomic E-state index is 11.1. The first kappa shape index (κ1) is 13.1. The molecule has 0 fully saturated rings. The molecule has 1 aromatic heterocycles. The number of benzene rings is 1. The molecule has 1 heterocycles. The summed E-state index contributed by atoms with van der Waals surface area (Å²) in [6.07, 6.45) is 4.60. The predicted molar refractivity (Wildman–Crippen MR) is 74.0 cm³/mol. The highest BCUT2D eigenvalue weighted by Gasteiger charge is 2.12. The van der Waals surface area contributed by atoms with Crippen molar-refractivity contribution in [1.29, 1.82) is 0 Å². The molecule has 0 spiro atoms. The summed E-state index contributed by atoms with van der Waals surface area (Å²) in [7, 11) is 0. The Hall–Kier alpha value is -2.36. The van der Waals surface area contributed by atoms with Gasteiger partial charge in [0, 0.05) is 0 Å². The number of carbonyl (C=O) groups is 1. The average Bonchev–Trinajstić information content (AvgIpc) is 2.83. The molecule has 1 N–H and O–H groups in total. The number of aryl methyl sites for hydroxylation is 1. The molecule has 0 amide bonds. The number of nitrogens with zero attached hydrogens (tertiary/aromatic N) is 2. The highest BCUT2D eigenvalue weighted by atomic mass is 16.4. The summed E-state index contributed by atoms with van der Waals surface area (Å²) < 4.78 is 1.51. The molecule has 2 aromatic rings. The van der Waals surface area contributed by atoms with Gasteiger partial charge in [-0.2, -0.15) is 5.10 Å². The number of aromatic carboxylic acids is 1. The van der Waals surface area contributed by atoms with Crippen molar-refractivity contribution < 1.29 is 9.90 Å². The predicted octanol–water partition coefficient (Wildman–Crippen LogP) is 2.86. The van der Waals surface area contributed by atoms with Crippen molar-refractivity contribution in [3.8, 4) is 0 Å². The summed E-state index contributed by atoms with van der Waals surface area (Å²) in [5, 5.41) is 13.4. The summed E-state index contributed by atoms with van der Waals surface area (Å²) >= 11 is 0. The molecule has 0 aliphatic heterocycles. The van der Waals surface area contributed by atoms with Gasteiger partial charge < -0.3 is 5.11 Å². The number of aromatic nitrogens is 2. The Bertz CT molecular complexity index is 585. The molecule has 0 saturated carbocycles. The van der Waals surface area contributed by atoms with Crippen LogP contribution in [0.4, 0.5) is 0 Å². The van der Waals surface area contributed by atoms with E-state index in [1.54, 1.807) is 6.07 Å². The zero-order valence-electron chi connectivity index (χ0n) is 10.8. The topological polar surface area (TPSA) is 55.1 Å². The van der Waals surface area contributed by atoms with Gasteiger partial charge in [-0.25, -0.2) is 4.79 Å². The largest absolute Gasteiger partial charge is 0.477 e. The van der Waals surface area contributed by atoms with Crippen molar-refractivity contribution in [3.63, 3.8) is 0 Å². The lowest BCUT2D eigenvalue weighted by Gasteiger charge is -1.99. The van der Waals surface area contributed by atoms with E-state index in [1.165, 1.54) is 4.68 Å². The molecule has 0 bridgehead atoms. The van der Waals surface area contributed by atoms with Crippen LogP contribution in [0.2, 0.25) is 0 Å². The van der Waals surface area contributed by atoms with Crippen LogP contribution in [0, 0.1) is 0 Å². The SMILES string of the molecule is CCc1cc(C(=O)O)n(C/C=C/c2ccccc2)n1. The zero-order chi connectivity index (χ0) is 13.7. The van der Waals surface area contributed by atoms with Crippen molar-refractivity contribution in [2.24, 2.45) is 0 Å². The second-order valence-corrected chi connectivity index (χ2v) is 4.17. The summed E-state index contributed by atoms with van der Waals surface area (Å²) in [5.41, 5.74) is 2.11. The van der Waals surface area contributed by atoms with Gasteiger partial charge >= 0.3 is 5.97 Å². The Morgan fingerprint density at radius 2 is 2.11 bits per heavy atom. The Labute approximate surface area is 112 Å². The van der Waals surface area contributed by atoms with Crippen LogP contribution in [0.15, 0.2) is 42.5 Å². The zero-order valence-corrected chi connectivity index (χ0v) is 10.8. The van der Waals surface area contributed by atoms with Crippen LogP contribution in [-0.2, 0) is 13.0 Å². The normalized spacial score (nSPS) is 11.0. The number of allylic oxidation sites excluding steroid dienone is 1. The van der Waals surface area contributed by atoms with Crippen molar-refractivity contribution in [2.45, 2.75) is 19.9 Å². The third kappa shape index (κ3) is 3.31. The minimum Gasteiger partial charge on any atom is -0.477 e. The van der Waals surface area contributed by atoms with E-state index in [9.17, 15) is 4.79 Å². The molecular weight excluding hydrogens is 240 g/mol. The van der Waals surface area contributed by atoms with E-state index in [0.29, 0.717) is 6.54 Å². The van der Waals surface area contributed by atoms with Crippen molar-refractivity contribution >= 4 is 12.0 Å². The molecule has 19 heavy (non-hydrogen) atoms. The maximum atomic E-state index is 11.1. The molecule has 0 unspecified atom stereocenters. The first-order valence-corrected chi connectivity index (χ1v) is 6.22. The second-order valence-electron chi connectivity index (χ2n) is 4.17. The van der Waals surface area contributed by atoms with Gasteiger partial charge in [0.25, 0.3) is 0 Å². The van der Waals surface area contributed by atoms with Crippen LogP contribution < -0.4 is 0 Å². The molecule has 0 aliphatic rings. The number of hydrogen-bond acceptors (Lipinski definition) is 2. The monoisotopic (exact) mass is 256 g/mol. The van der Waals surface area contributed by atoms with E-state index in [4.69, 9.17) is 5.11 Å². The number of carboxylic acid groups (broad SMARTS) is 1. The smallest absolute Gasteiger partial charge is 0.354 e. The second kappa shape index (κ2) is 6.00. The molecular formula is C15H16N2O2. The van der Waals surface area contributed by atoms with Gasteiger partial charge in [0.2, 0.25) is 0 Å². The number of rotatable bonds is 5. The highest BCUT2D eigenvalue weighted by Crippen LogP contribution is 2.07. The van der Waals surface area contributed by atoms with Gasteiger partial charge in [0.1, 0.15) is 5.69 Å². The average molecular weight is 256 g/mol. The van der Waals surface area contributed by atoms with E-state index in [0.717, 1.165) is 17.7 Å². The minimum absolute atomic E-state index is 0.231. The fourth-order valence-electron chi connectivity index (χ4n) is 1.81. The van der Waals surface area contributed by atoms with Gasteiger partial charge in [-0.3, -0.25) is 4.68 Å². The van der Waals surface area contributed by atoms with Crippen molar-refractivity contribution in [1.82, 2.24) is 9.78 Å². The fraction of sp³-hybridized carbons (Fsp3) is 0.200. The minimum atomic E-state index is -0.944. The summed E-state index contributed by atoms with van der Waals surface area (Å²) in [6.45, 7) is 2.41. The summed E-state index contributed by atoms with van der Waals surface area (Å²) in [4.78, 5) is 11.1. The molecule has 0 aliphatic carbocycles. The molecule has 0 atom stereocenters. The van der Waals surface area contributed by atoms with Crippen LogP contribution in [-0.4, -0.2) is 20.9 Å². The van der Waals surface area contributed by atoms with E-state index >= 15 is 0 Å². The lowest BCUT2D eigenvalue weighted by atomic mass is 10.2. The Morgan fingerprint density at radius 1 is 1.37 bits per heavy atom. The molecule has 98 valence electrons. The van der Waals surface area contributed by atoms with Gasteiger partial charge in [-0.15, -0.1) is 0 Å². The third-order valence-corrected chi connectivity index (χ3v) is 2.80. The lowest BCUT2D eigenvalue weighted by molar-refractivity contribution is 0.0684. The Morgan fingerprint density at radius 3 is 2.74 bits per heavy atom. The number of hydrogen-bond donors (Lipinski definition) is 1. The summed E-state index contributed by atoms with van der Waals surface area (Å²) in [6, 6.07) is 11.5. The molecule has 4 nitrogen and oxygen atoms in total. The van der Waals surface area contributed by atoms with E-state index in [-0.39, 0.29) is 5.69 Å². The van der Waals surface area contributed by atoms with Crippen LogP contribution in [0.5, 0.6) is 0 Å². The van der Waals surface area contributed by atoms with Gasteiger partial charge in [-0.05, 0) is 18.1 Å². The maximum Gasteiger partial charge on any atom is 0.354 e. The van der Waals surface area contributed by atoms with Gasteiger partial charge in [0.05, 0.1) is 12.2 Å². The lowest BCUT2D eigenvalue weighted by Crippen LogP contribution is -2.08. The van der Waals surface area contributed by atoms with Crippen LogP contribution in [0.25, 0.3) is 6.08 Å². The Kier molecular flexibility index (Phi) is 4.13. The van der Waals surface area contributed by atoms with Crippen LogP contribution in [0.3, 0.4) is 0 Å². The molecule has 0 radical (unpaired) electrons.